The number of halogens is 1. The number of fused-ring (bicyclic) bond motifs is 1. The Labute approximate surface area is 221 Å². The molecule has 1 N–H and O–H groups in total. The molecule has 9 heteroatoms. The van der Waals surface area contributed by atoms with Gasteiger partial charge in [0.25, 0.3) is 0 Å². The Hall–Kier alpha value is -3.64. The number of nitrogens with one attached hydrogen (secondary N) is 1. The first-order valence-electron chi connectivity index (χ1n) is 11.9. The second-order valence-electron chi connectivity index (χ2n) is 8.87. The lowest BCUT2D eigenvalue weighted by atomic mass is 10.00. The molecule has 188 valence electrons. The van der Waals surface area contributed by atoms with Crippen LogP contribution in [-0.4, -0.2) is 42.0 Å². The standard InChI is InChI=1S/C28H25ClN4O3S/c1-37(34,35)33-15-5-6-21(18-33)10-9-20-11-13-26-24(16-20)28(31-19-30-26)32-22-12-14-27(25(29)17-22)36-23-7-3-2-4-8-23/h2-4,7-8,11-14,16-17,19,21H,5-6,15,18H2,1H3,(H,30,31,32). The quantitative estimate of drug-likeness (QED) is 0.325. The minimum Gasteiger partial charge on any atom is -0.456 e. The van der Waals surface area contributed by atoms with E-state index in [0.29, 0.717) is 35.4 Å². The third kappa shape index (κ3) is 6.20. The van der Waals surface area contributed by atoms with Crippen LogP contribution in [0.2, 0.25) is 5.02 Å². The summed E-state index contributed by atoms with van der Waals surface area (Å²) in [5.74, 6) is 8.37. The Morgan fingerprint density at radius 2 is 1.92 bits per heavy atom. The molecule has 3 aromatic carbocycles. The Kier molecular flexibility index (Phi) is 7.28. The maximum Gasteiger partial charge on any atom is 0.211 e. The molecule has 4 aromatic rings. The molecule has 37 heavy (non-hydrogen) atoms. The van der Waals surface area contributed by atoms with Gasteiger partial charge in [0.2, 0.25) is 10.0 Å². The van der Waals surface area contributed by atoms with Gasteiger partial charge in [-0.15, -0.1) is 0 Å². The van der Waals surface area contributed by atoms with E-state index in [9.17, 15) is 8.42 Å². The fraction of sp³-hybridized carbons (Fsp3) is 0.214. The third-order valence-electron chi connectivity index (χ3n) is 6.07. The second kappa shape index (κ2) is 10.8. The van der Waals surface area contributed by atoms with E-state index in [4.69, 9.17) is 16.3 Å². The van der Waals surface area contributed by atoms with Crippen molar-refractivity contribution in [2.45, 2.75) is 12.8 Å². The first-order valence-corrected chi connectivity index (χ1v) is 14.1. The zero-order valence-electron chi connectivity index (χ0n) is 20.2. The number of para-hydroxylation sites is 1. The zero-order chi connectivity index (χ0) is 25.8. The SMILES string of the molecule is CS(=O)(=O)N1CCCC(C#Cc2ccc3ncnc(Nc4ccc(Oc5ccccc5)c(Cl)c4)c3c2)C1. The van der Waals surface area contributed by atoms with Crippen LogP contribution in [0.1, 0.15) is 18.4 Å². The van der Waals surface area contributed by atoms with Gasteiger partial charge in [-0.1, -0.05) is 41.6 Å². The maximum absolute atomic E-state index is 11.9. The van der Waals surface area contributed by atoms with Crippen LogP contribution >= 0.6 is 11.6 Å². The van der Waals surface area contributed by atoms with Crippen LogP contribution in [0.3, 0.4) is 0 Å². The monoisotopic (exact) mass is 532 g/mol. The number of benzene rings is 3. The van der Waals surface area contributed by atoms with Crippen LogP contribution in [-0.2, 0) is 10.0 Å². The molecule has 0 aliphatic carbocycles. The van der Waals surface area contributed by atoms with E-state index in [1.807, 2.05) is 60.7 Å². The van der Waals surface area contributed by atoms with Crippen LogP contribution < -0.4 is 10.1 Å². The number of aromatic nitrogens is 2. The van der Waals surface area contributed by atoms with Gasteiger partial charge >= 0.3 is 0 Å². The fourth-order valence-electron chi connectivity index (χ4n) is 4.19. The van der Waals surface area contributed by atoms with E-state index < -0.39 is 10.0 Å². The molecule has 0 bridgehead atoms. The molecule has 7 nitrogen and oxygen atoms in total. The van der Waals surface area contributed by atoms with E-state index in [0.717, 1.165) is 35.0 Å². The third-order valence-corrected chi connectivity index (χ3v) is 7.64. The van der Waals surface area contributed by atoms with Gasteiger partial charge in [0.1, 0.15) is 23.6 Å². The molecule has 1 saturated heterocycles. The smallest absolute Gasteiger partial charge is 0.211 e. The number of ether oxygens (including phenoxy) is 1. The van der Waals surface area contributed by atoms with E-state index in [2.05, 4.69) is 27.1 Å². The molecule has 1 atom stereocenters. The van der Waals surface area contributed by atoms with E-state index in [-0.39, 0.29) is 5.92 Å². The average Bonchev–Trinajstić information content (AvgIpc) is 2.89. The highest BCUT2D eigenvalue weighted by atomic mass is 35.5. The van der Waals surface area contributed by atoms with Crippen LogP contribution in [0.4, 0.5) is 11.5 Å². The van der Waals surface area contributed by atoms with Crippen molar-refractivity contribution in [1.29, 1.82) is 0 Å². The van der Waals surface area contributed by atoms with Crippen LogP contribution in [0.5, 0.6) is 11.5 Å². The molecule has 1 aromatic heterocycles. The maximum atomic E-state index is 11.9. The van der Waals surface area contributed by atoms with Gasteiger partial charge in [0, 0.05) is 35.6 Å². The Morgan fingerprint density at radius 3 is 2.70 bits per heavy atom. The Morgan fingerprint density at radius 1 is 1.08 bits per heavy atom. The Bertz CT molecular complexity index is 1600. The van der Waals surface area contributed by atoms with E-state index in [1.165, 1.54) is 16.9 Å². The van der Waals surface area contributed by atoms with Gasteiger partial charge in [-0.05, 0) is 61.4 Å². The zero-order valence-corrected chi connectivity index (χ0v) is 21.8. The summed E-state index contributed by atoms with van der Waals surface area (Å²) in [7, 11) is -3.20. The second-order valence-corrected chi connectivity index (χ2v) is 11.3. The highest BCUT2D eigenvalue weighted by Crippen LogP contribution is 2.33. The number of piperidine rings is 1. The first-order chi connectivity index (χ1) is 17.8. The van der Waals surface area contributed by atoms with Crippen LogP contribution in [0.15, 0.2) is 73.1 Å². The van der Waals surface area contributed by atoms with Gasteiger partial charge in [-0.2, -0.15) is 0 Å². The van der Waals surface area contributed by atoms with Gasteiger partial charge < -0.3 is 10.1 Å². The van der Waals surface area contributed by atoms with E-state index >= 15 is 0 Å². The number of anilines is 2. The van der Waals surface area contributed by atoms with Crippen molar-refractivity contribution in [2.24, 2.45) is 5.92 Å². The number of hydrogen-bond donors (Lipinski definition) is 1. The molecule has 0 radical (unpaired) electrons. The molecule has 0 spiro atoms. The van der Waals surface area contributed by atoms with Gasteiger partial charge in [-0.3, -0.25) is 0 Å². The summed E-state index contributed by atoms with van der Waals surface area (Å²) in [4.78, 5) is 8.80. The summed E-state index contributed by atoms with van der Waals surface area (Å²) in [5.41, 5.74) is 2.34. The van der Waals surface area contributed by atoms with Crippen molar-refractivity contribution < 1.29 is 13.2 Å². The summed E-state index contributed by atoms with van der Waals surface area (Å²) < 4.78 is 31.2. The van der Waals surface area contributed by atoms with Gasteiger partial charge in [0.05, 0.1) is 16.8 Å². The summed E-state index contributed by atoms with van der Waals surface area (Å²) in [5, 5.41) is 4.60. The first kappa shape index (κ1) is 25.0. The summed E-state index contributed by atoms with van der Waals surface area (Å²) in [6.07, 6.45) is 4.45. The minimum absolute atomic E-state index is 0.00236. The van der Waals surface area contributed by atoms with Crippen molar-refractivity contribution >= 4 is 44.0 Å². The molecule has 1 aliphatic rings. The lowest BCUT2D eigenvalue weighted by molar-refractivity contribution is 0.308. The molecule has 1 aliphatic heterocycles. The lowest BCUT2D eigenvalue weighted by Gasteiger charge is -2.28. The largest absolute Gasteiger partial charge is 0.456 e. The summed E-state index contributed by atoms with van der Waals surface area (Å²) >= 11 is 6.49. The lowest BCUT2D eigenvalue weighted by Crippen LogP contribution is -2.38. The molecule has 2 heterocycles. The molecule has 1 fully saturated rings. The number of rotatable bonds is 5. The average molecular weight is 533 g/mol. The molecule has 0 saturated carbocycles. The Balaban J connectivity index is 1.36. The van der Waals surface area contributed by atoms with Crippen molar-refractivity contribution in [3.05, 3.63) is 83.6 Å². The molecule has 0 amide bonds. The van der Waals surface area contributed by atoms with Crippen LogP contribution in [0.25, 0.3) is 10.9 Å². The van der Waals surface area contributed by atoms with E-state index in [1.54, 1.807) is 6.07 Å². The molecule has 1 unspecified atom stereocenters. The highest BCUT2D eigenvalue weighted by molar-refractivity contribution is 7.88. The number of nitrogens with zero attached hydrogens (tertiary/aromatic N) is 3. The highest BCUT2D eigenvalue weighted by Gasteiger charge is 2.24. The molecular weight excluding hydrogens is 508 g/mol. The van der Waals surface area contributed by atoms with Crippen molar-refractivity contribution in [3.8, 4) is 23.3 Å². The predicted octanol–water partition coefficient (Wildman–Crippen LogP) is 5.84. The fourth-order valence-corrected chi connectivity index (χ4v) is 5.33. The molecular formula is C28H25ClN4O3S. The van der Waals surface area contributed by atoms with Crippen molar-refractivity contribution in [2.75, 3.05) is 24.7 Å². The molecule has 5 rings (SSSR count). The number of sulfonamides is 1. The van der Waals surface area contributed by atoms with Crippen molar-refractivity contribution in [3.63, 3.8) is 0 Å². The summed E-state index contributed by atoms with van der Waals surface area (Å²) in [6.45, 7) is 0.989. The number of hydrogen-bond acceptors (Lipinski definition) is 6. The predicted molar refractivity (Wildman–Crippen MR) is 147 cm³/mol. The van der Waals surface area contributed by atoms with Crippen molar-refractivity contribution in [1.82, 2.24) is 14.3 Å². The van der Waals surface area contributed by atoms with Gasteiger partial charge in [-0.25, -0.2) is 22.7 Å². The van der Waals surface area contributed by atoms with Crippen LogP contribution in [0, 0.1) is 17.8 Å². The minimum atomic E-state index is -3.20. The normalized spacial score (nSPS) is 16.1. The summed E-state index contributed by atoms with van der Waals surface area (Å²) in [6, 6.07) is 20.7. The topological polar surface area (TPSA) is 84.4 Å². The van der Waals surface area contributed by atoms with Gasteiger partial charge in [0.15, 0.2) is 0 Å².